The monoisotopic (exact) mass is 611 g/mol. The molecular weight excluding hydrogens is 518 g/mol. The Kier molecular flexibility index (Phi) is 65.1. The van der Waals surface area contributed by atoms with Crippen molar-refractivity contribution in [1.29, 1.82) is 0 Å². The van der Waals surface area contributed by atoms with Crippen molar-refractivity contribution in [3.8, 4) is 0 Å². The number of quaternary nitrogens is 4. The molecule has 6 nitrogen and oxygen atoms in total. The van der Waals surface area contributed by atoms with Crippen LogP contribution in [0.25, 0.3) is 0 Å². The Morgan fingerprint density at radius 1 is 0.238 bits per heavy atom. The van der Waals surface area contributed by atoms with Crippen LogP contribution < -0.4 is 24.6 Å². The van der Waals surface area contributed by atoms with Gasteiger partial charge in [-0.1, -0.05) is 194 Å². The lowest BCUT2D eigenvalue weighted by molar-refractivity contribution is 0.254. The first kappa shape index (κ1) is 54.3. The number of hydrogen-bond donors (Lipinski definition) is 4. The molecule has 0 heterocycles. The predicted molar refractivity (Wildman–Crippen MR) is 198 cm³/mol. The van der Waals surface area contributed by atoms with Crippen LogP contribution >= 0.6 is 0 Å². The molecule has 0 saturated heterocycles. The normalized spacial score (nSPS) is 10.3. The van der Waals surface area contributed by atoms with E-state index in [0.717, 1.165) is 0 Å². The van der Waals surface area contributed by atoms with Gasteiger partial charge in [-0.15, -0.1) is 0 Å². The summed E-state index contributed by atoms with van der Waals surface area (Å²) in [5, 5.41) is 0. The van der Waals surface area contributed by atoms with Crippen molar-refractivity contribution in [2.75, 3.05) is 19.6 Å². The average molecular weight is 611 g/mol. The van der Waals surface area contributed by atoms with E-state index in [9.17, 15) is 0 Å². The Balaban J connectivity index is -0.000000648. The molecule has 0 fully saturated rings. The maximum absolute atomic E-state index is 2.85. The minimum absolute atomic E-state index is 0. The molecule has 17 N–H and O–H groups in total. The summed E-state index contributed by atoms with van der Waals surface area (Å²) in [7, 11) is 0. The van der Waals surface area contributed by atoms with Crippen molar-refractivity contribution in [1.82, 2.24) is 29.5 Å². The quantitative estimate of drug-likeness (QED) is 0.0540. The molecule has 0 rings (SSSR count). The largest absolute Gasteiger partial charge is 0.870 e. The van der Waals surface area contributed by atoms with Gasteiger partial charge in [0.25, 0.3) is 0 Å². The zero-order valence-corrected chi connectivity index (χ0v) is 31.2. The van der Waals surface area contributed by atoms with Crippen molar-refractivity contribution >= 4 is 0 Å². The minimum Gasteiger partial charge on any atom is -0.870 e. The number of nitrogens with zero attached hydrogens (tertiary/aromatic N) is 1. The van der Waals surface area contributed by atoms with Crippen molar-refractivity contribution in [3.63, 3.8) is 0 Å². The van der Waals surface area contributed by atoms with Gasteiger partial charge in [0.05, 0.1) is 0 Å². The van der Waals surface area contributed by atoms with Crippen LogP contribution in [0.2, 0.25) is 0 Å². The Labute approximate surface area is 267 Å². The molecular formula is C36H92N5O+3. The number of unbranched alkanes of at least 4 members (excludes halogenated alkanes) is 27. The third-order valence-corrected chi connectivity index (χ3v) is 8.48. The zero-order valence-electron chi connectivity index (χ0n) is 31.2. The predicted octanol–water partition coefficient (Wildman–Crippen LogP) is 14.4. The van der Waals surface area contributed by atoms with Gasteiger partial charge in [-0.05, 0) is 38.9 Å². The summed E-state index contributed by atoms with van der Waals surface area (Å²) in [6, 6.07) is 0. The molecule has 0 radical (unpaired) electrons. The molecule has 0 aromatic heterocycles. The minimum atomic E-state index is 0. The maximum atomic E-state index is 2.85. The van der Waals surface area contributed by atoms with E-state index in [1.54, 1.807) is 0 Å². The van der Waals surface area contributed by atoms with Crippen molar-refractivity contribution in [2.24, 2.45) is 0 Å². The van der Waals surface area contributed by atoms with E-state index in [4.69, 9.17) is 0 Å². The molecule has 0 aliphatic heterocycles. The summed E-state index contributed by atoms with van der Waals surface area (Å²) in [6.45, 7) is 11.0. The third-order valence-electron chi connectivity index (χ3n) is 8.48. The van der Waals surface area contributed by atoms with Gasteiger partial charge in [0.15, 0.2) is 0 Å². The summed E-state index contributed by atoms with van der Waals surface area (Å²) < 4.78 is 0. The molecule has 0 aromatic carbocycles. The maximum Gasteiger partial charge on any atom is -0.00187 e. The van der Waals surface area contributed by atoms with Crippen LogP contribution in [0.4, 0.5) is 0 Å². The molecule has 264 valence electrons. The van der Waals surface area contributed by atoms with E-state index >= 15 is 0 Å². The molecule has 0 bridgehead atoms. The molecule has 0 aliphatic rings. The fourth-order valence-corrected chi connectivity index (χ4v) is 5.80. The fourth-order valence-electron chi connectivity index (χ4n) is 5.80. The smallest absolute Gasteiger partial charge is 0.00187 e. The van der Waals surface area contributed by atoms with Crippen LogP contribution in [-0.4, -0.2) is 30.0 Å². The molecule has 0 spiro atoms. The van der Waals surface area contributed by atoms with E-state index in [2.05, 4.69) is 25.7 Å². The lowest BCUT2D eigenvalue weighted by Gasteiger charge is -2.22. The summed E-state index contributed by atoms with van der Waals surface area (Å²) in [5.74, 6) is 0. The van der Waals surface area contributed by atoms with Crippen molar-refractivity contribution in [2.45, 2.75) is 213 Å². The van der Waals surface area contributed by atoms with E-state index in [0.29, 0.717) is 0 Å². The second-order valence-corrected chi connectivity index (χ2v) is 12.4. The van der Waals surface area contributed by atoms with Gasteiger partial charge in [0, 0.05) is 0 Å². The van der Waals surface area contributed by atoms with E-state index in [-0.39, 0.29) is 30.1 Å². The van der Waals surface area contributed by atoms with Gasteiger partial charge in [-0.25, -0.2) is 0 Å². The molecule has 0 atom stereocenters. The molecule has 0 saturated carbocycles. The molecule has 0 unspecified atom stereocenters. The van der Waals surface area contributed by atoms with Crippen LogP contribution in [0, 0.1) is 0 Å². The van der Waals surface area contributed by atoms with Gasteiger partial charge < -0.3 is 35.0 Å². The van der Waals surface area contributed by atoms with E-state index in [1.165, 1.54) is 212 Å². The van der Waals surface area contributed by atoms with Crippen LogP contribution in [-0.2, 0) is 0 Å². The SMILES string of the molecule is CCCCCCCCCCCCN(CCCCCCCCCCCC)CCCCCCCCCCCC.[NH4+].[NH4+].[NH4+].[NH4+].[OH-]. The number of rotatable bonds is 33. The molecule has 0 amide bonds. The van der Waals surface area contributed by atoms with Gasteiger partial charge in [-0.3, -0.25) is 0 Å². The highest BCUT2D eigenvalue weighted by atomic mass is 16.0. The van der Waals surface area contributed by atoms with Gasteiger partial charge >= 0.3 is 0 Å². The van der Waals surface area contributed by atoms with Crippen LogP contribution in [0.5, 0.6) is 0 Å². The Morgan fingerprint density at radius 2 is 0.381 bits per heavy atom. The second-order valence-electron chi connectivity index (χ2n) is 12.4. The zero-order chi connectivity index (χ0) is 26.9. The Bertz CT molecular complexity index is 344. The summed E-state index contributed by atoms with van der Waals surface area (Å²) in [6.07, 6.45) is 43.6. The fraction of sp³-hybridized carbons (Fsp3) is 1.00. The van der Waals surface area contributed by atoms with Crippen molar-refractivity contribution < 1.29 is 5.48 Å². The Morgan fingerprint density at radius 3 is 0.548 bits per heavy atom. The van der Waals surface area contributed by atoms with Gasteiger partial charge in [-0.2, -0.15) is 0 Å². The molecule has 0 aromatic rings. The number of hydrogen-bond acceptors (Lipinski definition) is 2. The first-order valence-corrected chi connectivity index (χ1v) is 18.1. The lowest BCUT2D eigenvalue weighted by Crippen LogP contribution is -2.27. The summed E-state index contributed by atoms with van der Waals surface area (Å²) in [5.41, 5.74) is 0. The average Bonchev–Trinajstić information content (AvgIpc) is 2.91. The van der Waals surface area contributed by atoms with Crippen LogP contribution in [0.3, 0.4) is 0 Å². The summed E-state index contributed by atoms with van der Waals surface area (Å²) >= 11 is 0. The van der Waals surface area contributed by atoms with Gasteiger partial charge in [0.1, 0.15) is 0 Å². The van der Waals surface area contributed by atoms with E-state index in [1.807, 2.05) is 0 Å². The molecule has 6 heteroatoms. The van der Waals surface area contributed by atoms with Crippen LogP contribution in [0.15, 0.2) is 0 Å². The third kappa shape index (κ3) is 46.7. The van der Waals surface area contributed by atoms with Gasteiger partial charge in [0.2, 0.25) is 0 Å². The standard InChI is InChI=1S/C36H75N.4H3N.H2O/c1-4-7-10-13-16-19-22-25-28-31-34-37(35-32-29-26-23-20-17-14-11-8-5-2)36-33-30-27-24-21-18-15-12-9-6-3;;;;;/h4-36H2,1-3H3;4*1H3;1H2/p+3. The highest BCUT2D eigenvalue weighted by molar-refractivity contribution is 4.61. The highest BCUT2D eigenvalue weighted by Gasteiger charge is 2.05. The lowest BCUT2D eigenvalue weighted by atomic mass is 10.1. The highest BCUT2D eigenvalue weighted by Crippen LogP contribution is 2.14. The molecule has 42 heavy (non-hydrogen) atoms. The van der Waals surface area contributed by atoms with Crippen molar-refractivity contribution in [3.05, 3.63) is 0 Å². The molecule has 0 aliphatic carbocycles. The topological polar surface area (TPSA) is 179 Å². The first-order chi connectivity index (χ1) is 18.3. The first-order valence-electron chi connectivity index (χ1n) is 18.1. The second kappa shape index (κ2) is 50.4. The van der Waals surface area contributed by atoms with E-state index < -0.39 is 0 Å². The van der Waals surface area contributed by atoms with Crippen LogP contribution in [0.1, 0.15) is 213 Å². The Hall–Kier alpha value is -0.240. The summed E-state index contributed by atoms with van der Waals surface area (Å²) in [4.78, 5) is 2.85.